The number of carbonyl (C=O) groups is 2. The molecule has 4 rings (SSSR count). The molecule has 5 nitrogen and oxygen atoms in total. The molecule has 0 bridgehead atoms. The van der Waals surface area contributed by atoms with Gasteiger partial charge in [-0.1, -0.05) is 12.1 Å². The fraction of sp³-hybridized carbons (Fsp3) is 0.391. The van der Waals surface area contributed by atoms with E-state index in [2.05, 4.69) is 5.32 Å². The van der Waals surface area contributed by atoms with Crippen LogP contribution in [0.4, 0.5) is 4.39 Å². The fourth-order valence-electron chi connectivity index (χ4n) is 3.63. The van der Waals surface area contributed by atoms with Gasteiger partial charge in [-0.15, -0.1) is 0 Å². The highest BCUT2D eigenvalue weighted by molar-refractivity contribution is 5.95. The van der Waals surface area contributed by atoms with Gasteiger partial charge in [0.2, 0.25) is 0 Å². The molecule has 29 heavy (non-hydrogen) atoms. The Morgan fingerprint density at radius 2 is 1.86 bits per heavy atom. The number of nitrogens with zero attached hydrogens (tertiary/aromatic N) is 1. The van der Waals surface area contributed by atoms with E-state index >= 15 is 0 Å². The number of rotatable bonds is 6. The van der Waals surface area contributed by atoms with Crippen molar-refractivity contribution in [3.05, 3.63) is 65.5 Å². The molecule has 1 atom stereocenters. The minimum atomic E-state index is -0.404. The summed E-state index contributed by atoms with van der Waals surface area (Å²) in [6.45, 7) is 1.72. The van der Waals surface area contributed by atoms with Gasteiger partial charge in [0.05, 0.1) is 6.61 Å². The topological polar surface area (TPSA) is 58.6 Å². The molecular weight excluding hydrogens is 371 g/mol. The van der Waals surface area contributed by atoms with E-state index in [0.29, 0.717) is 42.6 Å². The Bertz CT molecular complexity index is 897. The smallest absolute Gasteiger partial charge is 0.253 e. The summed E-state index contributed by atoms with van der Waals surface area (Å²) in [5, 5.41) is 2.98. The molecule has 1 aliphatic heterocycles. The number of hydrogen-bond acceptors (Lipinski definition) is 3. The lowest BCUT2D eigenvalue weighted by Crippen LogP contribution is -2.41. The molecule has 2 amide bonds. The molecule has 2 fully saturated rings. The Balaban J connectivity index is 1.33. The third kappa shape index (κ3) is 5.13. The van der Waals surface area contributed by atoms with Crippen molar-refractivity contribution in [1.82, 2.24) is 10.2 Å². The summed E-state index contributed by atoms with van der Waals surface area (Å²) in [5.74, 6) is 0.237. The van der Waals surface area contributed by atoms with Gasteiger partial charge in [0.1, 0.15) is 11.6 Å². The second kappa shape index (κ2) is 8.64. The molecule has 1 saturated carbocycles. The van der Waals surface area contributed by atoms with Gasteiger partial charge in [0.25, 0.3) is 11.8 Å². The van der Waals surface area contributed by atoms with Crippen LogP contribution in [-0.4, -0.2) is 42.5 Å². The van der Waals surface area contributed by atoms with Gasteiger partial charge < -0.3 is 15.0 Å². The Hall–Kier alpha value is -2.89. The highest BCUT2D eigenvalue weighted by atomic mass is 19.1. The molecule has 1 N–H and O–H groups in total. The Labute approximate surface area is 169 Å². The second-order valence-electron chi connectivity index (χ2n) is 7.86. The molecule has 0 spiro atoms. The third-order valence-corrected chi connectivity index (χ3v) is 5.37. The number of carbonyl (C=O) groups excluding carboxylic acids is 2. The number of nitrogens with one attached hydrogen (secondary N) is 1. The van der Waals surface area contributed by atoms with Gasteiger partial charge in [-0.05, 0) is 62.1 Å². The number of piperidine rings is 1. The molecule has 0 radical (unpaired) electrons. The van der Waals surface area contributed by atoms with Crippen molar-refractivity contribution < 1.29 is 18.7 Å². The lowest BCUT2D eigenvalue weighted by atomic mass is 9.98. The van der Waals surface area contributed by atoms with Crippen molar-refractivity contribution in [1.29, 1.82) is 0 Å². The maximum Gasteiger partial charge on any atom is 0.253 e. The van der Waals surface area contributed by atoms with Crippen LogP contribution < -0.4 is 10.1 Å². The zero-order chi connectivity index (χ0) is 20.2. The largest absolute Gasteiger partial charge is 0.493 e. The van der Waals surface area contributed by atoms with E-state index in [1.165, 1.54) is 12.1 Å². The molecule has 1 saturated heterocycles. The van der Waals surface area contributed by atoms with E-state index in [1.807, 2.05) is 12.1 Å². The van der Waals surface area contributed by atoms with E-state index < -0.39 is 5.82 Å². The van der Waals surface area contributed by atoms with Crippen molar-refractivity contribution in [2.45, 2.75) is 31.7 Å². The van der Waals surface area contributed by atoms with Gasteiger partial charge in [-0.25, -0.2) is 4.39 Å². The maximum absolute atomic E-state index is 13.4. The van der Waals surface area contributed by atoms with Crippen molar-refractivity contribution >= 4 is 11.8 Å². The van der Waals surface area contributed by atoms with Crippen LogP contribution in [0.15, 0.2) is 48.5 Å². The monoisotopic (exact) mass is 396 g/mol. The molecule has 152 valence electrons. The number of benzene rings is 2. The maximum atomic E-state index is 13.4. The average molecular weight is 396 g/mol. The highest BCUT2D eigenvalue weighted by Crippen LogP contribution is 2.23. The summed E-state index contributed by atoms with van der Waals surface area (Å²) >= 11 is 0. The van der Waals surface area contributed by atoms with Crippen LogP contribution in [0, 0.1) is 11.7 Å². The molecule has 0 unspecified atom stereocenters. The van der Waals surface area contributed by atoms with Crippen LogP contribution in [0.25, 0.3) is 0 Å². The fourth-order valence-corrected chi connectivity index (χ4v) is 3.63. The van der Waals surface area contributed by atoms with Gasteiger partial charge in [-0.3, -0.25) is 9.59 Å². The molecule has 2 aliphatic rings. The highest BCUT2D eigenvalue weighted by Gasteiger charge is 2.26. The lowest BCUT2D eigenvalue weighted by molar-refractivity contribution is 0.0632. The summed E-state index contributed by atoms with van der Waals surface area (Å²) in [6, 6.07) is 13.3. The second-order valence-corrected chi connectivity index (χ2v) is 7.86. The average Bonchev–Trinajstić information content (AvgIpc) is 3.56. The molecule has 6 heteroatoms. The first-order valence-corrected chi connectivity index (χ1v) is 10.2. The van der Waals surface area contributed by atoms with Crippen LogP contribution in [0.5, 0.6) is 5.75 Å². The lowest BCUT2D eigenvalue weighted by Gasteiger charge is -2.32. The number of hydrogen-bond donors (Lipinski definition) is 1. The summed E-state index contributed by atoms with van der Waals surface area (Å²) in [7, 11) is 0. The number of amides is 2. The standard InChI is InChI=1S/C23H25FN2O3/c24-19-7-1-6-18(12-19)23(28)26-11-3-4-16(14-26)15-29-21-8-2-5-17(13-21)22(27)25-20-9-10-20/h1-2,5-8,12-13,16,20H,3-4,9-11,14-15H2,(H,25,27)/t16-/m1/s1. The van der Waals surface area contributed by atoms with Gasteiger partial charge in [0.15, 0.2) is 0 Å². The first kappa shape index (κ1) is 19.4. The van der Waals surface area contributed by atoms with Crippen LogP contribution in [0.1, 0.15) is 46.4 Å². The molecule has 1 aliphatic carbocycles. The van der Waals surface area contributed by atoms with Crippen molar-refractivity contribution in [2.24, 2.45) is 5.92 Å². The minimum Gasteiger partial charge on any atom is -0.493 e. The van der Waals surface area contributed by atoms with Crippen molar-refractivity contribution in [3.63, 3.8) is 0 Å². The van der Waals surface area contributed by atoms with E-state index in [-0.39, 0.29) is 17.7 Å². The number of halogens is 1. The summed E-state index contributed by atoms with van der Waals surface area (Å²) in [4.78, 5) is 26.6. The zero-order valence-corrected chi connectivity index (χ0v) is 16.3. The predicted octanol–water partition coefficient (Wildman–Crippen LogP) is 3.65. The molecular formula is C23H25FN2O3. The Morgan fingerprint density at radius 3 is 2.66 bits per heavy atom. The minimum absolute atomic E-state index is 0.0671. The SMILES string of the molecule is O=C(NC1CC1)c1cccc(OC[C@@H]2CCCN(C(=O)c3cccc(F)c3)C2)c1. The number of likely N-dealkylation sites (tertiary alicyclic amines) is 1. The van der Waals surface area contributed by atoms with E-state index in [4.69, 9.17) is 4.74 Å². The van der Waals surface area contributed by atoms with Gasteiger partial charge in [0, 0.05) is 36.2 Å². The first-order chi connectivity index (χ1) is 14.1. The van der Waals surface area contributed by atoms with Crippen molar-refractivity contribution in [2.75, 3.05) is 19.7 Å². The normalized spacial score (nSPS) is 18.9. The predicted molar refractivity (Wildman–Crippen MR) is 107 cm³/mol. The van der Waals surface area contributed by atoms with Crippen LogP contribution >= 0.6 is 0 Å². The molecule has 2 aromatic carbocycles. The summed E-state index contributed by atoms with van der Waals surface area (Å²) < 4.78 is 19.4. The Kier molecular flexibility index (Phi) is 5.79. The van der Waals surface area contributed by atoms with Gasteiger partial charge >= 0.3 is 0 Å². The first-order valence-electron chi connectivity index (χ1n) is 10.2. The Morgan fingerprint density at radius 1 is 1.07 bits per heavy atom. The van der Waals surface area contributed by atoms with Crippen LogP contribution in [-0.2, 0) is 0 Å². The summed E-state index contributed by atoms with van der Waals surface area (Å²) in [6.07, 6.45) is 3.95. The van der Waals surface area contributed by atoms with Gasteiger partial charge in [-0.2, -0.15) is 0 Å². The van der Waals surface area contributed by atoms with Crippen molar-refractivity contribution in [3.8, 4) is 5.75 Å². The zero-order valence-electron chi connectivity index (χ0n) is 16.3. The van der Waals surface area contributed by atoms with Crippen LogP contribution in [0.3, 0.4) is 0 Å². The molecule has 0 aromatic heterocycles. The third-order valence-electron chi connectivity index (χ3n) is 5.37. The van der Waals surface area contributed by atoms with E-state index in [1.54, 1.807) is 29.2 Å². The van der Waals surface area contributed by atoms with E-state index in [9.17, 15) is 14.0 Å². The number of ether oxygens (including phenoxy) is 1. The molecule has 1 heterocycles. The quantitative estimate of drug-likeness (QED) is 0.811. The van der Waals surface area contributed by atoms with E-state index in [0.717, 1.165) is 25.7 Å². The molecule has 2 aromatic rings. The van der Waals surface area contributed by atoms with Crippen LogP contribution in [0.2, 0.25) is 0 Å². The summed E-state index contributed by atoms with van der Waals surface area (Å²) in [5.41, 5.74) is 0.974.